The molecule has 1 unspecified atom stereocenters. The second-order valence-electron chi connectivity index (χ2n) is 6.69. The van der Waals surface area contributed by atoms with E-state index in [2.05, 4.69) is 12.2 Å². The number of nitrogens with one attached hydrogen (secondary N) is 1. The number of hydrogen-bond acceptors (Lipinski definition) is 6. The number of ether oxygens (including phenoxy) is 2. The van der Waals surface area contributed by atoms with Crippen molar-refractivity contribution in [1.29, 1.82) is 0 Å². The van der Waals surface area contributed by atoms with Crippen LogP contribution in [0.5, 0.6) is 17.2 Å². The van der Waals surface area contributed by atoms with E-state index < -0.39 is 12.1 Å². The summed E-state index contributed by atoms with van der Waals surface area (Å²) in [4.78, 5) is 11.3. The molecule has 1 aliphatic heterocycles. The Morgan fingerprint density at radius 1 is 1.22 bits per heavy atom. The first-order chi connectivity index (χ1) is 12.9. The number of amides is 1. The van der Waals surface area contributed by atoms with Gasteiger partial charge in [0, 0.05) is 6.42 Å². The van der Waals surface area contributed by atoms with E-state index in [4.69, 9.17) is 15.2 Å². The summed E-state index contributed by atoms with van der Waals surface area (Å²) in [5, 5.41) is 22.9. The highest BCUT2D eigenvalue weighted by atomic mass is 16.7. The van der Waals surface area contributed by atoms with Crippen molar-refractivity contribution in [3.63, 3.8) is 0 Å². The third kappa shape index (κ3) is 4.69. The number of phenols is 1. The monoisotopic (exact) mass is 372 g/mol. The topological polar surface area (TPSA) is 114 Å². The van der Waals surface area contributed by atoms with Crippen molar-refractivity contribution in [3.05, 3.63) is 53.1 Å². The van der Waals surface area contributed by atoms with Crippen molar-refractivity contribution in [2.45, 2.75) is 31.9 Å². The van der Waals surface area contributed by atoms with Gasteiger partial charge in [0.05, 0.1) is 5.56 Å². The minimum Gasteiger partial charge on any atom is -0.507 e. The lowest BCUT2D eigenvalue weighted by Gasteiger charge is -2.17. The third-order valence-electron chi connectivity index (χ3n) is 4.68. The summed E-state index contributed by atoms with van der Waals surface area (Å²) < 4.78 is 10.7. The SMILES string of the molecule is C[C@H](CCNC(O)Cc1ccc(O)c(C(N)=O)c1)c1ccc2c(c1)OCO2. The van der Waals surface area contributed by atoms with Crippen molar-refractivity contribution in [3.8, 4) is 17.2 Å². The van der Waals surface area contributed by atoms with E-state index in [0.29, 0.717) is 18.5 Å². The average Bonchev–Trinajstić information content (AvgIpc) is 3.10. The first kappa shape index (κ1) is 19.0. The van der Waals surface area contributed by atoms with Gasteiger partial charge in [0.25, 0.3) is 5.91 Å². The molecule has 27 heavy (non-hydrogen) atoms. The Kier molecular flexibility index (Phi) is 5.83. The number of nitrogens with two attached hydrogens (primary N) is 1. The van der Waals surface area contributed by atoms with E-state index in [1.165, 1.54) is 12.1 Å². The molecular weight excluding hydrogens is 348 g/mol. The molecule has 0 aliphatic carbocycles. The Labute approximate surface area is 157 Å². The summed E-state index contributed by atoms with van der Waals surface area (Å²) in [6.45, 7) is 3.00. The van der Waals surface area contributed by atoms with E-state index in [-0.39, 0.29) is 24.0 Å². The maximum Gasteiger partial charge on any atom is 0.252 e. The van der Waals surface area contributed by atoms with Crippen LogP contribution in [0.3, 0.4) is 0 Å². The lowest BCUT2D eigenvalue weighted by atomic mass is 9.97. The number of hydrogen-bond donors (Lipinski definition) is 4. The summed E-state index contributed by atoms with van der Waals surface area (Å²) in [5.74, 6) is 0.962. The summed E-state index contributed by atoms with van der Waals surface area (Å²) >= 11 is 0. The molecule has 0 fully saturated rings. The molecule has 1 heterocycles. The highest BCUT2D eigenvalue weighted by Crippen LogP contribution is 2.35. The molecule has 1 aliphatic rings. The van der Waals surface area contributed by atoms with E-state index in [9.17, 15) is 15.0 Å². The van der Waals surface area contributed by atoms with Crippen molar-refractivity contribution in [1.82, 2.24) is 5.32 Å². The Morgan fingerprint density at radius 3 is 2.78 bits per heavy atom. The highest BCUT2D eigenvalue weighted by molar-refractivity contribution is 5.95. The van der Waals surface area contributed by atoms with E-state index in [1.54, 1.807) is 6.07 Å². The lowest BCUT2D eigenvalue weighted by Crippen LogP contribution is -2.32. The fourth-order valence-corrected chi connectivity index (χ4v) is 3.06. The maximum atomic E-state index is 11.3. The summed E-state index contributed by atoms with van der Waals surface area (Å²) in [7, 11) is 0. The number of primary amides is 1. The molecule has 7 heteroatoms. The molecule has 2 aromatic rings. The predicted octanol–water partition coefficient (Wildman–Crippen LogP) is 1.86. The number of aliphatic hydroxyl groups excluding tert-OH is 1. The van der Waals surface area contributed by atoms with Crippen LogP contribution < -0.4 is 20.5 Å². The zero-order valence-electron chi connectivity index (χ0n) is 15.1. The Hall–Kier alpha value is -2.77. The van der Waals surface area contributed by atoms with Crippen LogP contribution in [0.25, 0.3) is 0 Å². The van der Waals surface area contributed by atoms with Gasteiger partial charge in [-0.15, -0.1) is 0 Å². The van der Waals surface area contributed by atoms with Crippen LogP contribution in [-0.4, -0.2) is 35.7 Å². The fourth-order valence-electron chi connectivity index (χ4n) is 3.06. The molecule has 0 spiro atoms. The molecule has 0 bridgehead atoms. The molecule has 0 saturated carbocycles. The highest BCUT2D eigenvalue weighted by Gasteiger charge is 2.16. The molecule has 0 radical (unpaired) electrons. The average molecular weight is 372 g/mol. The van der Waals surface area contributed by atoms with Crippen LogP contribution in [0, 0.1) is 0 Å². The molecule has 2 aromatic carbocycles. The first-order valence-corrected chi connectivity index (χ1v) is 8.86. The molecule has 5 N–H and O–H groups in total. The summed E-state index contributed by atoms with van der Waals surface area (Å²) in [6.07, 6.45) is 0.372. The standard InChI is InChI=1S/C20H24N2O5/c1-12(14-3-5-17-18(10-14)27-11-26-17)6-7-22-19(24)9-13-2-4-16(23)15(8-13)20(21)25/h2-5,8,10,12,19,22-24H,6-7,9,11H2,1H3,(H2,21,25)/t12-,19?/m1/s1. The van der Waals surface area contributed by atoms with Crippen LogP contribution in [0.1, 0.15) is 40.7 Å². The van der Waals surface area contributed by atoms with Crippen LogP contribution in [-0.2, 0) is 6.42 Å². The molecule has 2 atom stereocenters. The summed E-state index contributed by atoms with van der Waals surface area (Å²) in [5.41, 5.74) is 7.14. The molecule has 0 saturated heterocycles. The minimum atomic E-state index is -0.765. The van der Waals surface area contributed by atoms with Crippen LogP contribution in [0.15, 0.2) is 36.4 Å². The van der Waals surface area contributed by atoms with Crippen molar-refractivity contribution < 1.29 is 24.5 Å². The Morgan fingerprint density at radius 2 is 2.00 bits per heavy atom. The molecule has 144 valence electrons. The number of aromatic hydroxyl groups is 1. The van der Waals surface area contributed by atoms with Crippen LogP contribution >= 0.6 is 0 Å². The van der Waals surface area contributed by atoms with E-state index in [0.717, 1.165) is 23.5 Å². The van der Waals surface area contributed by atoms with Crippen molar-refractivity contribution in [2.24, 2.45) is 5.73 Å². The Balaban J connectivity index is 1.49. The van der Waals surface area contributed by atoms with Crippen LogP contribution in [0.2, 0.25) is 0 Å². The van der Waals surface area contributed by atoms with E-state index >= 15 is 0 Å². The maximum absolute atomic E-state index is 11.3. The second kappa shape index (κ2) is 8.28. The number of aliphatic hydroxyl groups is 1. The second-order valence-corrected chi connectivity index (χ2v) is 6.69. The zero-order chi connectivity index (χ0) is 19.4. The van der Waals surface area contributed by atoms with Crippen molar-refractivity contribution in [2.75, 3.05) is 13.3 Å². The fraction of sp³-hybridized carbons (Fsp3) is 0.350. The molecule has 3 rings (SSSR count). The predicted molar refractivity (Wildman–Crippen MR) is 99.9 cm³/mol. The number of fused-ring (bicyclic) bond motifs is 1. The number of carbonyl (C=O) groups excluding carboxylic acids is 1. The molecule has 0 aromatic heterocycles. The number of rotatable bonds is 8. The van der Waals surface area contributed by atoms with Gasteiger partial charge < -0.3 is 25.4 Å². The molecule has 1 amide bonds. The lowest BCUT2D eigenvalue weighted by molar-refractivity contribution is 0.0997. The molecule has 7 nitrogen and oxygen atoms in total. The van der Waals surface area contributed by atoms with Gasteiger partial charge in [-0.2, -0.15) is 0 Å². The number of carbonyl (C=O) groups is 1. The number of benzene rings is 2. The largest absolute Gasteiger partial charge is 0.507 e. The quantitative estimate of drug-likeness (QED) is 0.526. The van der Waals surface area contributed by atoms with Crippen molar-refractivity contribution >= 4 is 5.91 Å². The summed E-state index contributed by atoms with van der Waals surface area (Å²) in [6, 6.07) is 10.5. The third-order valence-corrected chi connectivity index (χ3v) is 4.68. The van der Waals surface area contributed by atoms with Crippen LogP contribution in [0.4, 0.5) is 0 Å². The first-order valence-electron chi connectivity index (χ1n) is 8.86. The van der Waals surface area contributed by atoms with Gasteiger partial charge in [0.2, 0.25) is 6.79 Å². The van der Waals surface area contributed by atoms with Gasteiger partial charge in [-0.05, 0) is 54.3 Å². The van der Waals surface area contributed by atoms with Gasteiger partial charge in [-0.25, -0.2) is 0 Å². The van der Waals surface area contributed by atoms with E-state index in [1.807, 2.05) is 18.2 Å². The Bertz CT molecular complexity index is 824. The van der Waals surface area contributed by atoms with Gasteiger partial charge in [-0.1, -0.05) is 19.1 Å². The van der Waals surface area contributed by atoms with Gasteiger partial charge in [0.15, 0.2) is 11.5 Å². The van der Waals surface area contributed by atoms with Gasteiger partial charge in [-0.3, -0.25) is 10.1 Å². The van der Waals surface area contributed by atoms with Gasteiger partial charge in [0.1, 0.15) is 12.0 Å². The smallest absolute Gasteiger partial charge is 0.252 e. The minimum absolute atomic E-state index is 0.0520. The molecular formula is C20H24N2O5. The zero-order valence-corrected chi connectivity index (χ0v) is 15.1. The normalized spacial score (nSPS) is 14.7. The van der Waals surface area contributed by atoms with Gasteiger partial charge >= 0.3 is 0 Å².